The molecule has 15 heavy (non-hydrogen) atoms. The zero-order valence-electron chi connectivity index (χ0n) is 9.59. The van der Waals surface area contributed by atoms with Crippen LogP contribution in [0.4, 0.5) is 0 Å². The average Bonchev–Trinajstić information content (AvgIpc) is 2.20. The van der Waals surface area contributed by atoms with E-state index < -0.39 is 0 Å². The molecule has 0 aromatic heterocycles. The standard InChI is InChI=1S/C12H16O3/c1-5-15-11-7-10(9(3)13)12(14-4)6-8(11)2/h6-7H,5H2,1-4H3. The van der Waals surface area contributed by atoms with E-state index in [0.29, 0.717) is 17.9 Å². The van der Waals surface area contributed by atoms with Crippen LogP contribution in [0, 0.1) is 6.92 Å². The summed E-state index contributed by atoms with van der Waals surface area (Å²) in [7, 11) is 1.56. The summed E-state index contributed by atoms with van der Waals surface area (Å²) in [5.41, 5.74) is 1.53. The highest BCUT2D eigenvalue weighted by molar-refractivity contribution is 5.97. The average molecular weight is 208 g/mol. The smallest absolute Gasteiger partial charge is 0.163 e. The molecule has 0 bridgehead atoms. The number of benzene rings is 1. The van der Waals surface area contributed by atoms with Gasteiger partial charge < -0.3 is 9.47 Å². The molecule has 0 amide bonds. The van der Waals surface area contributed by atoms with Gasteiger partial charge in [0.2, 0.25) is 0 Å². The number of carbonyl (C=O) groups is 1. The van der Waals surface area contributed by atoms with Crippen LogP contribution in [0.1, 0.15) is 29.8 Å². The fourth-order valence-corrected chi connectivity index (χ4v) is 1.42. The number of aryl methyl sites for hydroxylation is 1. The predicted molar refractivity (Wildman–Crippen MR) is 58.9 cm³/mol. The van der Waals surface area contributed by atoms with E-state index in [1.54, 1.807) is 13.2 Å². The van der Waals surface area contributed by atoms with Crippen LogP contribution >= 0.6 is 0 Å². The quantitative estimate of drug-likeness (QED) is 0.713. The summed E-state index contributed by atoms with van der Waals surface area (Å²) >= 11 is 0. The van der Waals surface area contributed by atoms with Crippen LogP contribution in [0.2, 0.25) is 0 Å². The van der Waals surface area contributed by atoms with Gasteiger partial charge >= 0.3 is 0 Å². The third kappa shape index (κ3) is 2.49. The lowest BCUT2D eigenvalue weighted by Gasteiger charge is -2.12. The highest BCUT2D eigenvalue weighted by Crippen LogP contribution is 2.28. The van der Waals surface area contributed by atoms with Crippen LogP contribution in [0.3, 0.4) is 0 Å². The second kappa shape index (κ2) is 4.82. The van der Waals surface area contributed by atoms with Gasteiger partial charge in [-0.2, -0.15) is 0 Å². The first-order valence-electron chi connectivity index (χ1n) is 4.92. The van der Waals surface area contributed by atoms with Gasteiger partial charge in [-0.25, -0.2) is 0 Å². The van der Waals surface area contributed by atoms with Crippen molar-refractivity contribution in [2.45, 2.75) is 20.8 Å². The fraction of sp³-hybridized carbons (Fsp3) is 0.417. The molecule has 1 rings (SSSR count). The van der Waals surface area contributed by atoms with E-state index in [0.717, 1.165) is 11.3 Å². The summed E-state index contributed by atoms with van der Waals surface area (Å²) in [5, 5.41) is 0. The van der Waals surface area contributed by atoms with Crippen molar-refractivity contribution >= 4 is 5.78 Å². The molecule has 3 nitrogen and oxygen atoms in total. The summed E-state index contributed by atoms with van der Waals surface area (Å²) < 4.78 is 10.6. The Labute approximate surface area is 90.0 Å². The van der Waals surface area contributed by atoms with Crippen LogP contribution in [-0.4, -0.2) is 19.5 Å². The molecule has 0 saturated heterocycles. The van der Waals surface area contributed by atoms with Crippen LogP contribution in [0.25, 0.3) is 0 Å². The molecule has 0 saturated carbocycles. The largest absolute Gasteiger partial charge is 0.496 e. The molecule has 0 aliphatic carbocycles. The lowest BCUT2D eigenvalue weighted by atomic mass is 10.1. The normalized spacial score (nSPS) is 9.87. The number of hydrogen-bond acceptors (Lipinski definition) is 3. The zero-order valence-corrected chi connectivity index (χ0v) is 9.59. The molecule has 0 N–H and O–H groups in total. The van der Waals surface area contributed by atoms with E-state index >= 15 is 0 Å². The highest BCUT2D eigenvalue weighted by Gasteiger charge is 2.11. The number of rotatable bonds is 4. The summed E-state index contributed by atoms with van der Waals surface area (Å²) in [4.78, 5) is 11.4. The summed E-state index contributed by atoms with van der Waals surface area (Å²) in [6.07, 6.45) is 0. The van der Waals surface area contributed by atoms with Crippen molar-refractivity contribution < 1.29 is 14.3 Å². The molecule has 0 fully saturated rings. The molecular formula is C12H16O3. The van der Waals surface area contributed by atoms with Crippen molar-refractivity contribution in [2.24, 2.45) is 0 Å². The molecular weight excluding hydrogens is 192 g/mol. The summed E-state index contributed by atoms with van der Waals surface area (Å²) in [6.45, 7) is 5.95. The Balaban J connectivity index is 3.23. The molecule has 3 heteroatoms. The molecule has 0 atom stereocenters. The molecule has 0 spiro atoms. The number of ketones is 1. The molecule has 0 unspecified atom stereocenters. The van der Waals surface area contributed by atoms with Crippen molar-refractivity contribution in [1.29, 1.82) is 0 Å². The SMILES string of the molecule is CCOc1cc(C(C)=O)c(OC)cc1C. The Hall–Kier alpha value is -1.51. The predicted octanol–water partition coefficient (Wildman–Crippen LogP) is 2.60. The third-order valence-corrected chi connectivity index (χ3v) is 2.18. The maximum Gasteiger partial charge on any atom is 0.163 e. The zero-order chi connectivity index (χ0) is 11.4. The number of methoxy groups -OCH3 is 1. The molecule has 0 radical (unpaired) electrons. The van der Waals surface area contributed by atoms with E-state index in [9.17, 15) is 4.79 Å². The molecule has 1 aromatic carbocycles. The van der Waals surface area contributed by atoms with E-state index in [-0.39, 0.29) is 5.78 Å². The van der Waals surface area contributed by atoms with Crippen molar-refractivity contribution in [2.75, 3.05) is 13.7 Å². The molecule has 0 aliphatic heterocycles. The topological polar surface area (TPSA) is 35.5 Å². The Morgan fingerprint density at radius 2 is 2.00 bits per heavy atom. The Morgan fingerprint density at radius 3 is 2.47 bits per heavy atom. The second-order valence-electron chi connectivity index (χ2n) is 3.31. The van der Waals surface area contributed by atoms with E-state index in [4.69, 9.17) is 9.47 Å². The lowest BCUT2D eigenvalue weighted by molar-refractivity contribution is 0.101. The van der Waals surface area contributed by atoms with E-state index in [1.807, 2.05) is 19.9 Å². The summed E-state index contributed by atoms with van der Waals surface area (Å²) in [6, 6.07) is 3.56. The van der Waals surface area contributed by atoms with Gasteiger partial charge in [-0.3, -0.25) is 4.79 Å². The first-order valence-corrected chi connectivity index (χ1v) is 4.92. The lowest BCUT2D eigenvalue weighted by Crippen LogP contribution is -2.01. The Kier molecular flexibility index (Phi) is 3.72. The van der Waals surface area contributed by atoms with Crippen LogP contribution in [0.5, 0.6) is 11.5 Å². The third-order valence-electron chi connectivity index (χ3n) is 2.18. The first-order chi connectivity index (χ1) is 7.10. The highest BCUT2D eigenvalue weighted by atomic mass is 16.5. The summed E-state index contributed by atoms with van der Waals surface area (Å²) in [5.74, 6) is 1.32. The van der Waals surface area contributed by atoms with Gasteiger partial charge in [0.15, 0.2) is 5.78 Å². The molecule has 0 aliphatic rings. The fourth-order valence-electron chi connectivity index (χ4n) is 1.42. The second-order valence-corrected chi connectivity index (χ2v) is 3.31. The van der Waals surface area contributed by atoms with Gasteiger partial charge in [-0.1, -0.05) is 0 Å². The monoisotopic (exact) mass is 208 g/mol. The number of carbonyl (C=O) groups excluding carboxylic acids is 1. The number of ether oxygens (including phenoxy) is 2. The van der Waals surface area contributed by atoms with Gasteiger partial charge in [0.25, 0.3) is 0 Å². The van der Waals surface area contributed by atoms with Crippen molar-refractivity contribution in [3.63, 3.8) is 0 Å². The molecule has 0 heterocycles. The van der Waals surface area contributed by atoms with Crippen molar-refractivity contribution in [1.82, 2.24) is 0 Å². The molecule has 1 aromatic rings. The van der Waals surface area contributed by atoms with E-state index in [2.05, 4.69) is 0 Å². The van der Waals surface area contributed by atoms with E-state index in [1.165, 1.54) is 6.92 Å². The maximum atomic E-state index is 11.4. The maximum absolute atomic E-state index is 11.4. The van der Waals surface area contributed by atoms with Gasteiger partial charge in [-0.05, 0) is 38.5 Å². The first kappa shape index (κ1) is 11.6. The Bertz CT molecular complexity index is 369. The minimum atomic E-state index is -0.0206. The van der Waals surface area contributed by atoms with Gasteiger partial charge in [0.05, 0.1) is 19.3 Å². The number of hydrogen-bond donors (Lipinski definition) is 0. The van der Waals surface area contributed by atoms with Gasteiger partial charge in [-0.15, -0.1) is 0 Å². The van der Waals surface area contributed by atoms with Crippen molar-refractivity contribution in [3.8, 4) is 11.5 Å². The van der Waals surface area contributed by atoms with Crippen LogP contribution < -0.4 is 9.47 Å². The minimum absolute atomic E-state index is 0.0206. The van der Waals surface area contributed by atoms with Gasteiger partial charge in [0, 0.05) is 0 Å². The number of Topliss-reactive ketones (excluding diaryl/α,β-unsaturated/α-hetero) is 1. The van der Waals surface area contributed by atoms with Gasteiger partial charge in [0.1, 0.15) is 11.5 Å². The van der Waals surface area contributed by atoms with Crippen LogP contribution in [-0.2, 0) is 0 Å². The Morgan fingerprint density at radius 1 is 1.33 bits per heavy atom. The minimum Gasteiger partial charge on any atom is -0.496 e. The van der Waals surface area contributed by atoms with Crippen LogP contribution in [0.15, 0.2) is 12.1 Å². The molecule has 82 valence electrons. The van der Waals surface area contributed by atoms with Crippen molar-refractivity contribution in [3.05, 3.63) is 23.3 Å².